The molecule has 1 heterocycles. The maximum atomic E-state index is 12.6. The molecule has 2 fully saturated rings. The summed E-state index contributed by atoms with van der Waals surface area (Å²) in [5.74, 6) is 0.573. The SMILES string of the molecule is Cc1ccccc1C(=O)N1CCC(NC(=O)C2CCC2)CC1. The predicted octanol–water partition coefficient (Wildman–Crippen LogP) is 2.52. The van der Waals surface area contributed by atoms with Crippen LogP contribution < -0.4 is 5.32 Å². The van der Waals surface area contributed by atoms with E-state index in [9.17, 15) is 9.59 Å². The number of amides is 2. The molecule has 1 aliphatic heterocycles. The summed E-state index contributed by atoms with van der Waals surface area (Å²) < 4.78 is 0. The van der Waals surface area contributed by atoms with Crippen molar-refractivity contribution in [3.63, 3.8) is 0 Å². The zero-order valence-electron chi connectivity index (χ0n) is 13.2. The van der Waals surface area contributed by atoms with Gasteiger partial charge >= 0.3 is 0 Å². The highest BCUT2D eigenvalue weighted by atomic mass is 16.2. The van der Waals surface area contributed by atoms with Crippen LogP contribution in [0.4, 0.5) is 0 Å². The van der Waals surface area contributed by atoms with Crippen LogP contribution in [0.1, 0.15) is 48.0 Å². The molecule has 0 atom stereocenters. The molecule has 2 aliphatic rings. The van der Waals surface area contributed by atoms with E-state index in [0.29, 0.717) is 0 Å². The molecule has 1 saturated heterocycles. The second kappa shape index (κ2) is 6.51. The van der Waals surface area contributed by atoms with Crippen LogP contribution in [-0.2, 0) is 4.79 Å². The van der Waals surface area contributed by atoms with E-state index < -0.39 is 0 Å². The number of hydrogen-bond donors (Lipinski definition) is 1. The topological polar surface area (TPSA) is 49.4 Å². The van der Waals surface area contributed by atoms with Gasteiger partial charge in [-0.1, -0.05) is 24.6 Å². The molecule has 4 nitrogen and oxygen atoms in total. The van der Waals surface area contributed by atoms with Gasteiger partial charge in [-0.05, 0) is 44.2 Å². The Morgan fingerprint density at radius 1 is 1.09 bits per heavy atom. The third-order valence-corrected chi connectivity index (χ3v) is 4.98. The first kappa shape index (κ1) is 15.1. The summed E-state index contributed by atoms with van der Waals surface area (Å²) in [6.07, 6.45) is 4.97. The van der Waals surface area contributed by atoms with Crippen LogP contribution in [-0.4, -0.2) is 35.8 Å². The van der Waals surface area contributed by atoms with E-state index >= 15 is 0 Å². The standard InChI is InChI=1S/C18H24N2O2/c1-13-5-2-3-8-16(13)18(22)20-11-9-15(10-12-20)19-17(21)14-6-4-7-14/h2-3,5,8,14-15H,4,6-7,9-12H2,1H3,(H,19,21). The number of nitrogens with one attached hydrogen (secondary N) is 1. The van der Waals surface area contributed by atoms with Crippen LogP contribution in [0.25, 0.3) is 0 Å². The van der Waals surface area contributed by atoms with Crippen LogP contribution >= 0.6 is 0 Å². The number of hydrogen-bond acceptors (Lipinski definition) is 2. The highest BCUT2D eigenvalue weighted by molar-refractivity contribution is 5.95. The van der Waals surface area contributed by atoms with Gasteiger partial charge in [0.25, 0.3) is 5.91 Å². The molecule has 1 N–H and O–H groups in total. The Kier molecular flexibility index (Phi) is 4.46. The molecule has 1 aliphatic carbocycles. The lowest BCUT2D eigenvalue weighted by molar-refractivity contribution is -0.128. The molecule has 22 heavy (non-hydrogen) atoms. The number of carbonyl (C=O) groups is 2. The number of likely N-dealkylation sites (tertiary alicyclic amines) is 1. The molecule has 0 spiro atoms. The molecule has 1 saturated carbocycles. The van der Waals surface area contributed by atoms with Crippen molar-refractivity contribution in [2.45, 2.75) is 45.1 Å². The van der Waals surface area contributed by atoms with Crippen molar-refractivity contribution in [1.29, 1.82) is 0 Å². The van der Waals surface area contributed by atoms with Gasteiger partial charge in [0.2, 0.25) is 5.91 Å². The summed E-state index contributed by atoms with van der Waals surface area (Å²) >= 11 is 0. The van der Waals surface area contributed by atoms with Gasteiger partial charge in [0.15, 0.2) is 0 Å². The molecule has 118 valence electrons. The third-order valence-electron chi connectivity index (χ3n) is 4.98. The van der Waals surface area contributed by atoms with E-state index in [4.69, 9.17) is 0 Å². The van der Waals surface area contributed by atoms with Crippen LogP contribution in [0.15, 0.2) is 24.3 Å². The van der Waals surface area contributed by atoms with Crippen LogP contribution in [0.3, 0.4) is 0 Å². The first-order valence-corrected chi connectivity index (χ1v) is 8.30. The summed E-state index contributed by atoms with van der Waals surface area (Å²) in [5.41, 5.74) is 1.81. The zero-order chi connectivity index (χ0) is 15.5. The smallest absolute Gasteiger partial charge is 0.254 e. The minimum atomic E-state index is 0.113. The number of nitrogens with zero attached hydrogens (tertiary/aromatic N) is 1. The maximum absolute atomic E-state index is 12.6. The van der Waals surface area contributed by atoms with Gasteiger partial charge in [0.05, 0.1) is 0 Å². The average Bonchev–Trinajstić information content (AvgIpc) is 2.46. The monoisotopic (exact) mass is 300 g/mol. The van der Waals surface area contributed by atoms with Crippen LogP contribution in [0.2, 0.25) is 0 Å². The molecule has 0 radical (unpaired) electrons. The molecule has 0 bridgehead atoms. The number of rotatable bonds is 3. The number of carbonyl (C=O) groups excluding carboxylic acids is 2. The van der Waals surface area contributed by atoms with E-state index in [1.54, 1.807) is 0 Å². The highest BCUT2D eigenvalue weighted by Crippen LogP contribution is 2.27. The molecule has 0 unspecified atom stereocenters. The van der Waals surface area contributed by atoms with Crippen molar-refractivity contribution in [3.05, 3.63) is 35.4 Å². The lowest BCUT2D eigenvalue weighted by Crippen LogP contribution is -2.48. The van der Waals surface area contributed by atoms with Gasteiger partial charge in [-0.3, -0.25) is 9.59 Å². The highest BCUT2D eigenvalue weighted by Gasteiger charge is 2.29. The summed E-state index contributed by atoms with van der Waals surface area (Å²) in [6.45, 7) is 3.42. The predicted molar refractivity (Wildman–Crippen MR) is 85.6 cm³/mol. The molecule has 3 rings (SSSR count). The molecule has 1 aromatic rings. The minimum absolute atomic E-state index is 0.113. The van der Waals surface area contributed by atoms with Gasteiger partial charge in [-0.15, -0.1) is 0 Å². The summed E-state index contributed by atoms with van der Waals surface area (Å²) in [5, 5.41) is 3.15. The average molecular weight is 300 g/mol. The van der Waals surface area contributed by atoms with E-state index in [2.05, 4.69) is 5.32 Å². The maximum Gasteiger partial charge on any atom is 0.254 e. The fraction of sp³-hybridized carbons (Fsp3) is 0.556. The van der Waals surface area contributed by atoms with Crippen molar-refractivity contribution in [1.82, 2.24) is 10.2 Å². The fourth-order valence-electron chi connectivity index (χ4n) is 3.20. The Morgan fingerprint density at radius 2 is 1.77 bits per heavy atom. The van der Waals surface area contributed by atoms with E-state index in [0.717, 1.165) is 49.9 Å². The Balaban J connectivity index is 1.52. The number of aryl methyl sites for hydroxylation is 1. The van der Waals surface area contributed by atoms with Gasteiger partial charge in [0.1, 0.15) is 0 Å². The zero-order valence-corrected chi connectivity index (χ0v) is 13.2. The Morgan fingerprint density at radius 3 is 2.36 bits per heavy atom. The first-order valence-electron chi connectivity index (χ1n) is 8.30. The molecule has 1 aromatic carbocycles. The van der Waals surface area contributed by atoms with Crippen LogP contribution in [0.5, 0.6) is 0 Å². The van der Waals surface area contributed by atoms with Gasteiger partial charge < -0.3 is 10.2 Å². The van der Waals surface area contributed by atoms with Gasteiger partial charge in [-0.25, -0.2) is 0 Å². The first-order chi connectivity index (χ1) is 10.6. The minimum Gasteiger partial charge on any atom is -0.353 e. The second-order valence-corrected chi connectivity index (χ2v) is 6.52. The Hall–Kier alpha value is -1.84. The van der Waals surface area contributed by atoms with E-state index in [1.807, 2.05) is 36.1 Å². The Labute approximate surface area is 131 Å². The molecule has 4 heteroatoms. The summed E-state index contributed by atoms with van der Waals surface area (Å²) in [7, 11) is 0. The fourth-order valence-corrected chi connectivity index (χ4v) is 3.20. The van der Waals surface area contributed by atoms with Gasteiger partial charge in [-0.2, -0.15) is 0 Å². The lowest BCUT2D eigenvalue weighted by Gasteiger charge is -2.34. The Bertz CT molecular complexity index is 558. The van der Waals surface area contributed by atoms with E-state index in [1.165, 1.54) is 6.42 Å². The molecular formula is C18H24N2O2. The summed E-state index contributed by atoms with van der Waals surface area (Å²) in [6, 6.07) is 7.95. The van der Waals surface area contributed by atoms with Crippen molar-refractivity contribution in [2.24, 2.45) is 5.92 Å². The molecular weight excluding hydrogens is 276 g/mol. The largest absolute Gasteiger partial charge is 0.353 e. The second-order valence-electron chi connectivity index (χ2n) is 6.52. The number of piperidine rings is 1. The van der Waals surface area contributed by atoms with Crippen molar-refractivity contribution < 1.29 is 9.59 Å². The van der Waals surface area contributed by atoms with E-state index in [-0.39, 0.29) is 23.8 Å². The third kappa shape index (κ3) is 3.16. The molecule has 2 amide bonds. The van der Waals surface area contributed by atoms with Crippen molar-refractivity contribution in [2.75, 3.05) is 13.1 Å². The number of benzene rings is 1. The quantitative estimate of drug-likeness (QED) is 0.932. The molecule has 0 aromatic heterocycles. The van der Waals surface area contributed by atoms with Crippen molar-refractivity contribution in [3.8, 4) is 0 Å². The normalized spacial score (nSPS) is 19.6. The lowest BCUT2D eigenvalue weighted by atomic mass is 9.84. The summed E-state index contributed by atoms with van der Waals surface area (Å²) in [4.78, 5) is 26.4. The van der Waals surface area contributed by atoms with Crippen LogP contribution in [0, 0.1) is 12.8 Å². The van der Waals surface area contributed by atoms with Crippen molar-refractivity contribution >= 4 is 11.8 Å². The van der Waals surface area contributed by atoms with Gasteiger partial charge in [0, 0.05) is 30.6 Å².